The zero-order valence-corrected chi connectivity index (χ0v) is 15.7. The van der Waals surface area contributed by atoms with Crippen molar-refractivity contribution in [3.05, 3.63) is 35.9 Å². The van der Waals surface area contributed by atoms with Crippen LogP contribution in [0.15, 0.2) is 28.9 Å². The highest BCUT2D eigenvalue weighted by atomic mass is 19.4. The van der Waals surface area contributed by atoms with Gasteiger partial charge in [-0.1, -0.05) is 6.92 Å². The van der Waals surface area contributed by atoms with Gasteiger partial charge < -0.3 is 14.6 Å². The van der Waals surface area contributed by atoms with E-state index in [4.69, 9.17) is 4.42 Å². The van der Waals surface area contributed by atoms with Gasteiger partial charge in [-0.3, -0.25) is 4.79 Å². The Hall–Kier alpha value is -2.45. The Morgan fingerprint density at radius 1 is 1.32 bits per heavy atom. The van der Waals surface area contributed by atoms with Crippen LogP contribution in [0.3, 0.4) is 0 Å². The predicted molar refractivity (Wildman–Crippen MR) is 95.9 cm³/mol. The molecule has 1 fully saturated rings. The lowest BCUT2D eigenvalue weighted by Crippen LogP contribution is -2.45. The topological polar surface area (TPSA) is 63.3 Å². The summed E-state index contributed by atoms with van der Waals surface area (Å²) in [6, 6.07) is 2.28. The average Bonchev–Trinajstić information content (AvgIpc) is 3.30. The van der Waals surface area contributed by atoms with Crippen LogP contribution in [0.1, 0.15) is 61.4 Å². The highest BCUT2D eigenvalue weighted by molar-refractivity contribution is 5.93. The molecule has 4 rings (SSSR count). The first-order valence-corrected chi connectivity index (χ1v) is 9.51. The highest BCUT2D eigenvalue weighted by Crippen LogP contribution is 2.43. The van der Waals surface area contributed by atoms with Gasteiger partial charge in [0.05, 0.1) is 12.3 Å². The zero-order chi connectivity index (χ0) is 20.1. The maximum absolute atomic E-state index is 13.7. The van der Waals surface area contributed by atoms with Gasteiger partial charge in [0.1, 0.15) is 11.6 Å². The van der Waals surface area contributed by atoms with Crippen molar-refractivity contribution in [1.82, 2.24) is 14.7 Å². The van der Waals surface area contributed by atoms with E-state index in [1.54, 1.807) is 17.0 Å². The first-order chi connectivity index (χ1) is 13.2. The number of carbonyl (C=O) groups is 1. The van der Waals surface area contributed by atoms with Crippen molar-refractivity contribution < 1.29 is 22.4 Å². The number of piperidine rings is 1. The minimum absolute atomic E-state index is 0.0396. The molecule has 2 aromatic rings. The molecule has 4 atom stereocenters. The smallest absolute Gasteiger partial charge is 0.410 e. The molecule has 2 aliphatic heterocycles. The van der Waals surface area contributed by atoms with Gasteiger partial charge in [0, 0.05) is 25.1 Å². The number of halogens is 3. The molecule has 0 aliphatic carbocycles. The lowest BCUT2D eigenvalue weighted by atomic mass is 9.95. The second-order valence-corrected chi connectivity index (χ2v) is 7.85. The maximum atomic E-state index is 13.7. The van der Waals surface area contributed by atoms with Gasteiger partial charge in [-0.15, -0.1) is 0 Å². The molecule has 152 valence electrons. The number of carbonyl (C=O) groups excluding carboxylic acids is 1. The van der Waals surface area contributed by atoms with Crippen LogP contribution >= 0.6 is 0 Å². The van der Waals surface area contributed by atoms with E-state index in [0.29, 0.717) is 18.2 Å². The molecule has 0 spiro atoms. The number of likely N-dealkylation sites (tertiary alicyclic amines) is 1. The predicted octanol–water partition coefficient (Wildman–Crippen LogP) is 4.40. The van der Waals surface area contributed by atoms with Crippen LogP contribution in [0.25, 0.3) is 0 Å². The van der Waals surface area contributed by atoms with E-state index in [9.17, 15) is 18.0 Å². The lowest BCUT2D eigenvalue weighted by Gasteiger charge is -2.36. The molecule has 0 radical (unpaired) electrons. The first-order valence-electron chi connectivity index (χ1n) is 9.51. The van der Waals surface area contributed by atoms with Crippen LogP contribution in [0, 0.1) is 5.92 Å². The summed E-state index contributed by atoms with van der Waals surface area (Å²) in [7, 11) is 0. The maximum Gasteiger partial charge on any atom is 0.410 e. The lowest BCUT2D eigenvalue weighted by molar-refractivity contribution is -0.174. The molecule has 2 aliphatic rings. The minimum atomic E-state index is -4.49. The molecule has 0 bridgehead atoms. The first kappa shape index (κ1) is 18.9. The molecule has 4 heterocycles. The summed E-state index contributed by atoms with van der Waals surface area (Å²) in [6.07, 6.45) is -1.39. The Morgan fingerprint density at radius 3 is 2.79 bits per heavy atom. The van der Waals surface area contributed by atoms with E-state index < -0.39 is 18.3 Å². The van der Waals surface area contributed by atoms with Crippen molar-refractivity contribution in [3.63, 3.8) is 0 Å². The number of anilines is 1. The van der Waals surface area contributed by atoms with Crippen molar-refractivity contribution in [2.45, 2.75) is 57.4 Å². The number of rotatable bonds is 2. The van der Waals surface area contributed by atoms with Crippen molar-refractivity contribution in [2.75, 3.05) is 11.9 Å². The molecule has 1 N–H and O–H groups in total. The largest absolute Gasteiger partial charge is 0.467 e. The molecule has 2 aromatic heterocycles. The summed E-state index contributed by atoms with van der Waals surface area (Å²) in [4.78, 5) is 14.7. The number of hydrogen-bond donors (Lipinski definition) is 1. The third-order valence-electron chi connectivity index (χ3n) is 5.67. The van der Waals surface area contributed by atoms with Crippen LogP contribution in [-0.4, -0.2) is 39.4 Å². The van der Waals surface area contributed by atoms with E-state index >= 15 is 0 Å². The second kappa shape index (κ2) is 6.86. The van der Waals surface area contributed by atoms with Gasteiger partial charge >= 0.3 is 6.18 Å². The summed E-state index contributed by atoms with van der Waals surface area (Å²) in [5.74, 6) is 0.643. The van der Waals surface area contributed by atoms with Crippen molar-refractivity contribution in [2.24, 2.45) is 5.92 Å². The van der Waals surface area contributed by atoms with Gasteiger partial charge in [-0.25, -0.2) is 4.68 Å². The third-order valence-corrected chi connectivity index (χ3v) is 5.67. The number of alkyl halides is 3. The van der Waals surface area contributed by atoms with E-state index in [2.05, 4.69) is 17.3 Å². The SMILES string of the molecule is C[C@H]1CC[C@@H](C)N(C(=O)c2cc3n(n2)[C@H](C(F)(F)F)C[C@H](c2ccco2)N3)C1. The third kappa shape index (κ3) is 3.38. The Kier molecular flexibility index (Phi) is 4.63. The number of amides is 1. The van der Waals surface area contributed by atoms with E-state index in [1.807, 2.05) is 6.92 Å². The van der Waals surface area contributed by atoms with E-state index in [1.165, 1.54) is 12.3 Å². The van der Waals surface area contributed by atoms with Gasteiger partial charge in [-0.2, -0.15) is 18.3 Å². The Bertz CT molecular complexity index is 846. The number of aromatic nitrogens is 2. The van der Waals surface area contributed by atoms with E-state index in [-0.39, 0.29) is 29.9 Å². The molecule has 1 saturated heterocycles. The molecule has 28 heavy (non-hydrogen) atoms. The van der Waals surface area contributed by atoms with Gasteiger partial charge in [0.15, 0.2) is 11.7 Å². The number of fused-ring (bicyclic) bond motifs is 1. The molecule has 0 aromatic carbocycles. The Labute approximate surface area is 160 Å². The van der Waals surface area contributed by atoms with Crippen molar-refractivity contribution in [3.8, 4) is 0 Å². The van der Waals surface area contributed by atoms with Gasteiger partial charge in [0.25, 0.3) is 5.91 Å². The van der Waals surface area contributed by atoms with Crippen LogP contribution in [-0.2, 0) is 0 Å². The number of hydrogen-bond acceptors (Lipinski definition) is 4. The Balaban J connectivity index is 1.66. The van der Waals surface area contributed by atoms with Crippen molar-refractivity contribution in [1.29, 1.82) is 0 Å². The summed E-state index contributed by atoms with van der Waals surface area (Å²) in [5.41, 5.74) is 0.0396. The molecule has 0 unspecified atom stereocenters. The number of nitrogens with one attached hydrogen (secondary N) is 1. The fraction of sp³-hybridized carbons (Fsp3) is 0.579. The molecular formula is C19H23F3N4O2. The zero-order valence-electron chi connectivity index (χ0n) is 15.7. The van der Waals surface area contributed by atoms with Crippen molar-refractivity contribution >= 4 is 11.7 Å². The van der Waals surface area contributed by atoms with Crippen LogP contribution < -0.4 is 5.32 Å². The molecule has 9 heteroatoms. The van der Waals surface area contributed by atoms with E-state index in [0.717, 1.165) is 17.5 Å². The molecule has 0 saturated carbocycles. The minimum Gasteiger partial charge on any atom is -0.467 e. The highest BCUT2D eigenvalue weighted by Gasteiger charge is 2.47. The monoisotopic (exact) mass is 396 g/mol. The number of nitrogens with zero attached hydrogens (tertiary/aromatic N) is 3. The average molecular weight is 396 g/mol. The fourth-order valence-electron chi connectivity index (χ4n) is 4.07. The Morgan fingerprint density at radius 2 is 2.11 bits per heavy atom. The van der Waals surface area contributed by atoms with Gasteiger partial charge in [-0.05, 0) is 37.8 Å². The van der Waals surface area contributed by atoms with Crippen LogP contribution in [0.4, 0.5) is 19.0 Å². The normalized spacial score (nSPS) is 28.0. The quantitative estimate of drug-likeness (QED) is 0.818. The summed E-state index contributed by atoms with van der Waals surface area (Å²) in [5, 5.41) is 7.10. The summed E-state index contributed by atoms with van der Waals surface area (Å²) < 4.78 is 47.3. The second-order valence-electron chi connectivity index (χ2n) is 7.85. The summed E-state index contributed by atoms with van der Waals surface area (Å²) >= 11 is 0. The van der Waals surface area contributed by atoms with Crippen LogP contribution in [0.2, 0.25) is 0 Å². The van der Waals surface area contributed by atoms with Crippen LogP contribution in [0.5, 0.6) is 0 Å². The summed E-state index contributed by atoms with van der Waals surface area (Å²) in [6.45, 7) is 4.62. The molecule has 1 amide bonds. The molecular weight excluding hydrogens is 373 g/mol. The molecule has 6 nitrogen and oxygen atoms in total. The number of furan rings is 1. The van der Waals surface area contributed by atoms with Gasteiger partial charge in [0.2, 0.25) is 0 Å². The standard InChI is InChI=1S/C19H23F3N4O2/c1-11-5-6-12(2)25(10-11)18(27)14-9-17-23-13(15-4-3-7-28-15)8-16(19(20,21)22)26(17)24-14/h3-4,7,9,11-13,16,23H,5-6,8,10H2,1-2H3/t11-,12+,13+,16-/m0/s1. The fourth-order valence-corrected chi connectivity index (χ4v) is 4.07.